The minimum absolute atomic E-state index is 0.0437. The molecule has 3 aromatic carbocycles. The van der Waals surface area contributed by atoms with Crippen molar-refractivity contribution in [3.8, 4) is 0 Å². The number of imidazole rings is 1. The van der Waals surface area contributed by atoms with Crippen LogP contribution in [0.5, 0.6) is 0 Å². The predicted octanol–water partition coefficient (Wildman–Crippen LogP) is 5.44. The second-order valence-corrected chi connectivity index (χ2v) is 13.3. The van der Waals surface area contributed by atoms with Crippen molar-refractivity contribution in [1.29, 1.82) is 0 Å². The van der Waals surface area contributed by atoms with Gasteiger partial charge in [-0.25, -0.2) is 14.6 Å². The van der Waals surface area contributed by atoms with E-state index in [-0.39, 0.29) is 30.2 Å². The molecule has 0 bridgehead atoms. The van der Waals surface area contributed by atoms with Crippen LogP contribution in [0.1, 0.15) is 27.2 Å². The molecule has 2 aromatic heterocycles. The number of carbonyl (C=O) groups is 2. The molecule has 7 rings (SSSR count). The molecule has 5 aromatic rings. The first kappa shape index (κ1) is 36.0. The Bertz CT molecular complexity index is 2200. The number of anilines is 4. The van der Waals surface area contributed by atoms with Crippen molar-refractivity contribution in [2.24, 2.45) is 4.99 Å². The highest BCUT2D eigenvalue weighted by atomic mass is 35.5. The number of nitrogens with zero attached hydrogens (tertiary/aromatic N) is 8. The number of nitrogens with one attached hydrogen (secondary N) is 4. The number of ether oxygens (including phenoxy) is 1. The van der Waals surface area contributed by atoms with E-state index in [1.807, 2.05) is 41.3 Å². The number of aromatic nitrogens is 5. The molecule has 4 heterocycles. The number of hydrogen-bond donors (Lipinski definition) is 4. The summed E-state index contributed by atoms with van der Waals surface area (Å²) in [6.45, 7) is 11.0. The normalized spacial score (nSPS) is 14.4. The van der Waals surface area contributed by atoms with E-state index in [0.717, 1.165) is 46.9 Å². The Hall–Kier alpha value is -6.37. The number of amides is 1. The molecule has 1 atom stereocenters. The number of esters is 1. The smallest absolute Gasteiger partial charge is 0.328 e. The fraction of sp³-hybridized carbons (Fsp3) is 0.263. The Kier molecular flexibility index (Phi) is 11.0. The second-order valence-electron chi connectivity index (χ2n) is 12.8. The van der Waals surface area contributed by atoms with E-state index in [0.29, 0.717) is 49.0 Å². The van der Waals surface area contributed by atoms with Gasteiger partial charge in [-0.05, 0) is 41.0 Å². The number of halogens is 1. The Morgan fingerprint density at radius 3 is 2.54 bits per heavy atom. The second kappa shape index (κ2) is 16.5. The van der Waals surface area contributed by atoms with Gasteiger partial charge < -0.3 is 30.6 Å². The Labute approximate surface area is 316 Å². The van der Waals surface area contributed by atoms with Crippen molar-refractivity contribution in [2.75, 3.05) is 55.8 Å². The zero-order chi connectivity index (χ0) is 37.4. The van der Waals surface area contributed by atoms with Crippen molar-refractivity contribution in [3.63, 3.8) is 0 Å². The van der Waals surface area contributed by atoms with Gasteiger partial charge in [-0.15, -0.1) is 0 Å². The lowest BCUT2D eigenvalue weighted by atomic mass is 10.1. The molecule has 0 unspecified atom stereocenters. The van der Waals surface area contributed by atoms with Gasteiger partial charge in [-0.3, -0.25) is 14.7 Å². The molecule has 2 aliphatic heterocycles. The Balaban J connectivity index is 1.07. The van der Waals surface area contributed by atoms with Crippen LogP contribution in [0.3, 0.4) is 0 Å². The molecule has 1 fully saturated rings. The molecule has 4 N–H and O–H groups in total. The molecule has 0 radical (unpaired) electrons. The molecule has 16 heteroatoms. The van der Waals surface area contributed by atoms with Gasteiger partial charge in [0.25, 0.3) is 5.91 Å². The minimum Gasteiger partial charge on any atom is -0.467 e. The summed E-state index contributed by atoms with van der Waals surface area (Å²) in [5, 5.41) is 10.4. The molecule has 54 heavy (non-hydrogen) atoms. The molecule has 1 amide bonds. The lowest BCUT2D eigenvalue weighted by Crippen LogP contribution is -2.48. The van der Waals surface area contributed by atoms with Gasteiger partial charge in [-0.1, -0.05) is 54.1 Å². The van der Waals surface area contributed by atoms with E-state index in [1.165, 1.54) is 13.4 Å². The third-order valence-electron chi connectivity index (χ3n) is 9.08. The van der Waals surface area contributed by atoms with E-state index in [9.17, 15) is 9.59 Å². The standard InChI is InChI=1S/C38H37ClN12O3/c1-40-28-10-6-24(7-11-28)17-32(35(53)54-2)46-38-48-36(42-20-30-18-26-8-9-27(39)19-31(26)44-30)47-37(49-38)45-29-5-3-4-25(16-29)22-50-12-14-51(15-13-50)34(52)33-21-41-23-43-33/h3-11,16,19,21,23,32H,12-15,17-18,20,22H2,2H3,(H,41,43)(H3,42,45,46,47,48,49)/t32-/m0/s1. The van der Waals surface area contributed by atoms with Crippen LogP contribution in [0.25, 0.3) is 4.85 Å². The van der Waals surface area contributed by atoms with Crippen molar-refractivity contribution in [3.05, 3.63) is 118 Å². The van der Waals surface area contributed by atoms with Gasteiger partial charge >= 0.3 is 5.97 Å². The SMILES string of the molecule is [C-]#[N+]c1ccc(C[C@H](Nc2nc(NCC3=Nc4cc(Cl)ccc4C3)nc(Nc3cccc(CN4CCN(C(=O)c5cnc[nH]5)CC4)c3)n2)C(=O)OC)cc1. The number of H-pyrrole nitrogens is 1. The summed E-state index contributed by atoms with van der Waals surface area (Å²) in [4.78, 5) is 58.8. The molecule has 0 saturated carbocycles. The first-order chi connectivity index (χ1) is 26.3. The van der Waals surface area contributed by atoms with E-state index >= 15 is 0 Å². The first-order valence-electron chi connectivity index (χ1n) is 17.3. The van der Waals surface area contributed by atoms with Gasteiger partial charge in [-0.2, -0.15) is 15.0 Å². The zero-order valence-corrected chi connectivity index (χ0v) is 30.2. The van der Waals surface area contributed by atoms with E-state index < -0.39 is 12.0 Å². The van der Waals surface area contributed by atoms with Gasteiger partial charge in [0.1, 0.15) is 11.7 Å². The molecular weight excluding hydrogens is 708 g/mol. The number of piperazine rings is 1. The maximum absolute atomic E-state index is 13.0. The van der Waals surface area contributed by atoms with E-state index in [2.05, 4.69) is 56.7 Å². The number of benzene rings is 3. The van der Waals surface area contributed by atoms with Crippen LogP contribution in [-0.2, 0) is 28.9 Å². The summed E-state index contributed by atoms with van der Waals surface area (Å²) in [6, 6.07) is 19.8. The highest BCUT2D eigenvalue weighted by Crippen LogP contribution is 2.30. The highest BCUT2D eigenvalue weighted by molar-refractivity contribution is 6.31. The summed E-state index contributed by atoms with van der Waals surface area (Å²) in [5.41, 5.74) is 6.50. The minimum atomic E-state index is -0.825. The number of hydrogen-bond acceptors (Lipinski definition) is 12. The highest BCUT2D eigenvalue weighted by Gasteiger charge is 2.24. The summed E-state index contributed by atoms with van der Waals surface area (Å²) in [6.07, 6.45) is 4.00. The molecule has 2 aliphatic rings. The van der Waals surface area contributed by atoms with Gasteiger partial charge in [0, 0.05) is 62.0 Å². The fourth-order valence-corrected chi connectivity index (χ4v) is 6.47. The van der Waals surface area contributed by atoms with E-state index in [1.54, 1.807) is 30.5 Å². The molecule has 1 saturated heterocycles. The molecule has 15 nitrogen and oxygen atoms in total. The number of fused-ring (bicyclic) bond motifs is 1. The van der Waals surface area contributed by atoms with Crippen LogP contribution in [0.4, 0.5) is 34.9 Å². The lowest BCUT2D eigenvalue weighted by molar-refractivity contribution is -0.141. The number of aliphatic imine (C=N–C) groups is 1. The average Bonchev–Trinajstić information content (AvgIpc) is 3.88. The Morgan fingerprint density at radius 2 is 1.78 bits per heavy atom. The van der Waals surface area contributed by atoms with Crippen molar-refractivity contribution in [1.82, 2.24) is 34.7 Å². The maximum atomic E-state index is 13.0. The zero-order valence-electron chi connectivity index (χ0n) is 29.4. The number of aromatic amines is 1. The third kappa shape index (κ3) is 8.98. The van der Waals surface area contributed by atoms with Crippen LogP contribution < -0.4 is 16.0 Å². The molecule has 0 aliphatic carbocycles. The fourth-order valence-electron chi connectivity index (χ4n) is 6.30. The van der Waals surface area contributed by atoms with Crippen molar-refractivity contribution in [2.45, 2.75) is 25.4 Å². The lowest BCUT2D eigenvalue weighted by Gasteiger charge is -2.34. The third-order valence-corrected chi connectivity index (χ3v) is 9.31. The van der Waals surface area contributed by atoms with Crippen molar-refractivity contribution < 1.29 is 14.3 Å². The van der Waals surface area contributed by atoms with Crippen LogP contribution in [0, 0.1) is 6.57 Å². The number of methoxy groups -OCH3 is 1. The molecule has 274 valence electrons. The largest absolute Gasteiger partial charge is 0.467 e. The van der Waals surface area contributed by atoms with Gasteiger partial charge in [0.2, 0.25) is 17.8 Å². The molecular formula is C38H37ClN12O3. The van der Waals surface area contributed by atoms with Gasteiger partial charge in [0.05, 0.1) is 38.4 Å². The van der Waals surface area contributed by atoms with Crippen LogP contribution >= 0.6 is 11.6 Å². The maximum Gasteiger partial charge on any atom is 0.328 e. The quantitative estimate of drug-likeness (QED) is 0.0895. The number of carbonyl (C=O) groups excluding carboxylic acids is 2. The molecule has 0 spiro atoms. The average molecular weight is 745 g/mol. The van der Waals surface area contributed by atoms with E-state index in [4.69, 9.17) is 27.9 Å². The topological polar surface area (TPSA) is 170 Å². The first-order valence-corrected chi connectivity index (χ1v) is 17.7. The summed E-state index contributed by atoms with van der Waals surface area (Å²) < 4.78 is 5.12. The summed E-state index contributed by atoms with van der Waals surface area (Å²) >= 11 is 6.19. The van der Waals surface area contributed by atoms with Crippen LogP contribution in [-0.4, -0.2) is 98.2 Å². The Morgan fingerprint density at radius 1 is 0.981 bits per heavy atom. The summed E-state index contributed by atoms with van der Waals surface area (Å²) in [5.74, 6) is 0.148. The predicted molar refractivity (Wildman–Crippen MR) is 206 cm³/mol. The van der Waals surface area contributed by atoms with Crippen molar-refractivity contribution >= 4 is 64.1 Å². The van der Waals surface area contributed by atoms with Gasteiger partial charge in [0.15, 0.2) is 5.69 Å². The monoisotopic (exact) mass is 744 g/mol. The van der Waals surface area contributed by atoms with Crippen LogP contribution in [0.15, 0.2) is 84.2 Å². The number of rotatable bonds is 13. The van der Waals surface area contributed by atoms with Crippen LogP contribution in [0.2, 0.25) is 5.02 Å². The summed E-state index contributed by atoms with van der Waals surface area (Å²) in [7, 11) is 1.33.